The predicted molar refractivity (Wildman–Crippen MR) is 90.1 cm³/mol. The van der Waals surface area contributed by atoms with Gasteiger partial charge in [-0.2, -0.15) is 13.2 Å². The molecule has 4 nitrogen and oxygen atoms in total. The Kier molecular flexibility index (Phi) is 4.85. The highest BCUT2D eigenvalue weighted by atomic mass is 35.5. The molecule has 0 unspecified atom stereocenters. The zero-order valence-electron chi connectivity index (χ0n) is 13.1. The van der Waals surface area contributed by atoms with E-state index >= 15 is 0 Å². The van der Waals surface area contributed by atoms with Crippen LogP contribution in [-0.4, -0.2) is 24.0 Å². The molecule has 1 aromatic carbocycles. The van der Waals surface area contributed by atoms with Crippen LogP contribution in [0.25, 0.3) is 0 Å². The lowest BCUT2D eigenvalue weighted by molar-refractivity contribution is -0.137. The van der Waals surface area contributed by atoms with Crippen LogP contribution in [-0.2, 0) is 6.18 Å². The molecule has 0 saturated carbocycles. The zero-order chi connectivity index (χ0) is 18.0. The van der Waals surface area contributed by atoms with E-state index in [9.17, 15) is 18.0 Å². The summed E-state index contributed by atoms with van der Waals surface area (Å²) in [5.74, 6) is -0.538. The number of alkyl halides is 3. The van der Waals surface area contributed by atoms with Crippen molar-refractivity contribution in [1.29, 1.82) is 0 Å². The molecule has 1 aliphatic heterocycles. The molecule has 3 rings (SSSR count). The number of hydrogen-bond acceptors (Lipinski definition) is 3. The molecule has 1 saturated heterocycles. The molecular formula is C17H15ClF3N3O. The molecule has 0 spiro atoms. The SMILES string of the molecule is O=C(Nc1cc(C(F)(F)F)ccc1N1CCCC1)c1ccc(Cl)nc1. The summed E-state index contributed by atoms with van der Waals surface area (Å²) >= 11 is 5.68. The van der Waals surface area contributed by atoms with Crippen LogP contribution >= 0.6 is 11.6 Å². The van der Waals surface area contributed by atoms with Gasteiger partial charge in [0.15, 0.2) is 0 Å². The highest BCUT2D eigenvalue weighted by Crippen LogP contribution is 2.36. The largest absolute Gasteiger partial charge is 0.416 e. The van der Waals surface area contributed by atoms with Crippen molar-refractivity contribution in [3.05, 3.63) is 52.8 Å². The summed E-state index contributed by atoms with van der Waals surface area (Å²) in [5.41, 5.74) is 0.131. The lowest BCUT2D eigenvalue weighted by Gasteiger charge is -2.23. The fourth-order valence-corrected chi connectivity index (χ4v) is 2.86. The second-order valence-electron chi connectivity index (χ2n) is 5.75. The third-order valence-electron chi connectivity index (χ3n) is 4.01. The summed E-state index contributed by atoms with van der Waals surface area (Å²) in [7, 11) is 0. The van der Waals surface area contributed by atoms with Crippen molar-refractivity contribution in [1.82, 2.24) is 4.98 Å². The van der Waals surface area contributed by atoms with E-state index in [1.807, 2.05) is 4.90 Å². The number of carbonyl (C=O) groups is 1. The fraction of sp³-hybridized carbons (Fsp3) is 0.294. The van der Waals surface area contributed by atoms with E-state index in [4.69, 9.17) is 11.6 Å². The van der Waals surface area contributed by atoms with Gasteiger partial charge in [-0.3, -0.25) is 4.79 Å². The van der Waals surface area contributed by atoms with Crippen molar-refractivity contribution in [3.63, 3.8) is 0 Å². The van der Waals surface area contributed by atoms with Gasteiger partial charge in [-0.25, -0.2) is 4.98 Å². The minimum atomic E-state index is -4.48. The number of pyridine rings is 1. The quantitative estimate of drug-likeness (QED) is 0.804. The minimum absolute atomic E-state index is 0.136. The number of aromatic nitrogens is 1. The second-order valence-corrected chi connectivity index (χ2v) is 6.13. The number of nitrogens with one attached hydrogen (secondary N) is 1. The van der Waals surface area contributed by atoms with Crippen LogP contribution in [0.2, 0.25) is 5.15 Å². The topological polar surface area (TPSA) is 45.2 Å². The van der Waals surface area contributed by atoms with E-state index < -0.39 is 17.6 Å². The van der Waals surface area contributed by atoms with Crippen LogP contribution < -0.4 is 10.2 Å². The van der Waals surface area contributed by atoms with E-state index in [-0.39, 0.29) is 16.4 Å². The maximum Gasteiger partial charge on any atom is 0.416 e. The summed E-state index contributed by atoms with van der Waals surface area (Å²) in [5, 5.41) is 2.80. The van der Waals surface area contributed by atoms with Crippen LogP contribution in [0.1, 0.15) is 28.8 Å². The van der Waals surface area contributed by atoms with Crippen LogP contribution in [0.4, 0.5) is 24.5 Å². The van der Waals surface area contributed by atoms with E-state index in [1.54, 1.807) is 0 Å². The summed E-state index contributed by atoms with van der Waals surface area (Å²) in [6.45, 7) is 1.49. The molecule has 0 radical (unpaired) electrons. The summed E-state index contributed by atoms with van der Waals surface area (Å²) in [4.78, 5) is 18.1. The number of carbonyl (C=O) groups excluding carboxylic acids is 1. The third-order valence-corrected chi connectivity index (χ3v) is 4.23. The summed E-state index contributed by atoms with van der Waals surface area (Å²) < 4.78 is 39.1. The molecule has 132 valence electrons. The molecule has 0 bridgehead atoms. The summed E-state index contributed by atoms with van der Waals surface area (Å²) in [6.07, 6.45) is -1.27. The average molecular weight is 370 g/mol. The first-order chi connectivity index (χ1) is 11.8. The molecule has 0 aliphatic carbocycles. The van der Waals surface area contributed by atoms with Gasteiger partial charge in [0.25, 0.3) is 5.91 Å². The standard InChI is InChI=1S/C17H15ClF3N3O/c18-15-6-3-11(10-22-15)16(25)23-13-9-12(17(19,20)21)4-5-14(13)24-7-1-2-8-24/h3-6,9-10H,1-2,7-8H2,(H,23,25). The van der Waals surface area contributed by atoms with Gasteiger partial charge in [0.1, 0.15) is 5.15 Å². The Morgan fingerprint density at radius 3 is 2.48 bits per heavy atom. The van der Waals surface area contributed by atoms with Gasteiger partial charge in [-0.15, -0.1) is 0 Å². The lowest BCUT2D eigenvalue weighted by atomic mass is 10.1. The molecule has 1 N–H and O–H groups in total. The molecule has 8 heteroatoms. The van der Waals surface area contributed by atoms with Crippen LogP contribution in [0.5, 0.6) is 0 Å². The molecule has 25 heavy (non-hydrogen) atoms. The number of anilines is 2. The van der Waals surface area contributed by atoms with Crippen LogP contribution in [0.3, 0.4) is 0 Å². The van der Waals surface area contributed by atoms with Crippen molar-refractivity contribution in [2.24, 2.45) is 0 Å². The van der Waals surface area contributed by atoms with Gasteiger partial charge < -0.3 is 10.2 Å². The number of rotatable bonds is 3. The zero-order valence-corrected chi connectivity index (χ0v) is 13.9. The first kappa shape index (κ1) is 17.5. The van der Waals surface area contributed by atoms with Crippen molar-refractivity contribution in [2.45, 2.75) is 19.0 Å². The summed E-state index contributed by atoms with van der Waals surface area (Å²) in [6, 6.07) is 6.32. The normalized spacial score (nSPS) is 14.6. The van der Waals surface area contributed by atoms with Crippen molar-refractivity contribution in [2.75, 3.05) is 23.3 Å². The van der Waals surface area contributed by atoms with Crippen molar-refractivity contribution >= 4 is 28.9 Å². The number of amides is 1. The Balaban J connectivity index is 1.93. The minimum Gasteiger partial charge on any atom is -0.370 e. The van der Waals surface area contributed by atoms with Gasteiger partial charge in [-0.1, -0.05) is 11.6 Å². The Morgan fingerprint density at radius 2 is 1.88 bits per heavy atom. The Morgan fingerprint density at radius 1 is 1.16 bits per heavy atom. The molecule has 1 amide bonds. The molecule has 1 fully saturated rings. The predicted octanol–water partition coefficient (Wildman–Crippen LogP) is 4.61. The van der Waals surface area contributed by atoms with Crippen molar-refractivity contribution < 1.29 is 18.0 Å². The van der Waals surface area contributed by atoms with E-state index in [0.717, 1.165) is 38.1 Å². The molecule has 2 aromatic rings. The van der Waals surface area contributed by atoms with Gasteiger partial charge in [-0.05, 0) is 43.2 Å². The van der Waals surface area contributed by atoms with E-state index in [2.05, 4.69) is 10.3 Å². The van der Waals surface area contributed by atoms with Crippen LogP contribution in [0, 0.1) is 0 Å². The smallest absolute Gasteiger partial charge is 0.370 e. The average Bonchev–Trinajstić information content (AvgIpc) is 3.08. The number of hydrogen-bond donors (Lipinski definition) is 1. The molecule has 0 atom stereocenters. The van der Waals surface area contributed by atoms with Gasteiger partial charge >= 0.3 is 6.18 Å². The molecule has 1 aromatic heterocycles. The number of benzene rings is 1. The Labute approximate surface area is 147 Å². The van der Waals surface area contributed by atoms with E-state index in [0.29, 0.717) is 5.69 Å². The van der Waals surface area contributed by atoms with Gasteiger partial charge in [0, 0.05) is 19.3 Å². The Bertz CT molecular complexity index is 772. The maximum atomic E-state index is 13.0. The molecular weight excluding hydrogens is 355 g/mol. The number of halogens is 4. The number of nitrogens with zero attached hydrogens (tertiary/aromatic N) is 2. The lowest BCUT2D eigenvalue weighted by Crippen LogP contribution is -2.22. The van der Waals surface area contributed by atoms with Crippen molar-refractivity contribution in [3.8, 4) is 0 Å². The highest BCUT2D eigenvalue weighted by Gasteiger charge is 2.32. The fourth-order valence-electron chi connectivity index (χ4n) is 2.75. The monoisotopic (exact) mass is 369 g/mol. The maximum absolute atomic E-state index is 13.0. The second kappa shape index (κ2) is 6.92. The first-order valence-corrected chi connectivity index (χ1v) is 8.11. The Hall–Kier alpha value is -2.28. The molecule has 2 heterocycles. The third kappa shape index (κ3) is 4.04. The van der Waals surface area contributed by atoms with Gasteiger partial charge in [0.05, 0.1) is 22.5 Å². The molecule has 1 aliphatic rings. The van der Waals surface area contributed by atoms with Gasteiger partial charge in [0.2, 0.25) is 0 Å². The van der Waals surface area contributed by atoms with E-state index in [1.165, 1.54) is 24.4 Å². The highest BCUT2D eigenvalue weighted by molar-refractivity contribution is 6.29. The van der Waals surface area contributed by atoms with Crippen LogP contribution in [0.15, 0.2) is 36.5 Å². The first-order valence-electron chi connectivity index (χ1n) is 7.74.